The summed E-state index contributed by atoms with van der Waals surface area (Å²) in [5, 5.41) is 0.654. The molecule has 2 heterocycles. The van der Waals surface area contributed by atoms with Gasteiger partial charge >= 0.3 is 0 Å². The van der Waals surface area contributed by atoms with E-state index in [2.05, 4.69) is 13.0 Å². The Balaban J connectivity index is 0.00000361. The summed E-state index contributed by atoms with van der Waals surface area (Å²) >= 11 is 1.52. The second-order valence-corrected chi connectivity index (χ2v) is 12.4. The SMILES string of the molecule is Cc1cc(C)c2sc(N(CCN(C)C)C(=O)c3ccc(S(=O)(=O)N4CCCCCC4)cc3)nc2c1.Cl. The fourth-order valence-corrected chi connectivity index (χ4v) is 6.98. The first-order valence-corrected chi connectivity index (χ1v) is 14.4. The first-order valence-electron chi connectivity index (χ1n) is 12.1. The third-order valence-electron chi connectivity index (χ3n) is 6.36. The van der Waals surface area contributed by atoms with Gasteiger partial charge in [-0.3, -0.25) is 9.69 Å². The minimum atomic E-state index is -3.56. The van der Waals surface area contributed by atoms with Gasteiger partial charge in [-0.15, -0.1) is 12.4 Å². The Labute approximate surface area is 224 Å². The van der Waals surface area contributed by atoms with Crippen LogP contribution in [0.2, 0.25) is 0 Å². The number of sulfonamides is 1. The number of aromatic nitrogens is 1. The number of rotatable bonds is 7. The molecule has 0 bridgehead atoms. The summed E-state index contributed by atoms with van der Waals surface area (Å²) in [6, 6.07) is 10.5. The van der Waals surface area contributed by atoms with Crippen molar-refractivity contribution in [2.75, 3.05) is 45.2 Å². The van der Waals surface area contributed by atoms with Crippen molar-refractivity contribution in [3.63, 3.8) is 0 Å². The highest BCUT2D eigenvalue weighted by Gasteiger charge is 2.26. The molecule has 0 unspecified atom stereocenters. The summed E-state index contributed by atoms with van der Waals surface area (Å²) in [6.07, 6.45) is 3.90. The molecule has 1 saturated heterocycles. The van der Waals surface area contributed by atoms with Crippen molar-refractivity contribution in [3.8, 4) is 0 Å². The molecule has 1 aliphatic rings. The fraction of sp³-hybridized carbons (Fsp3) is 0.462. The van der Waals surface area contributed by atoms with Crippen molar-refractivity contribution in [2.24, 2.45) is 0 Å². The Kier molecular flexibility index (Phi) is 9.51. The van der Waals surface area contributed by atoms with Crippen LogP contribution in [-0.4, -0.2) is 68.8 Å². The van der Waals surface area contributed by atoms with Crippen molar-refractivity contribution in [1.29, 1.82) is 0 Å². The molecule has 0 radical (unpaired) electrons. The van der Waals surface area contributed by atoms with Crippen molar-refractivity contribution in [3.05, 3.63) is 53.1 Å². The molecule has 4 rings (SSSR count). The summed E-state index contributed by atoms with van der Waals surface area (Å²) in [5.74, 6) is -0.181. The van der Waals surface area contributed by atoms with Crippen LogP contribution < -0.4 is 4.90 Å². The number of likely N-dealkylation sites (N-methyl/N-ethyl adjacent to an activating group) is 1. The maximum absolute atomic E-state index is 13.6. The molecule has 36 heavy (non-hydrogen) atoms. The Hall–Kier alpha value is -2.04. The van der Waals surface area contributed by atoms with Gasteiger partial charge in [0, 0.05) is 31.7 Å². The van der Waals surface area contributed by atoms with E-state index in [1.165, 1.54) is 11.3 Å². The zero-order chi connectivity index (χ0) is 25.2. The van der Waals surface area contributed by atoms with Gasteiger partial charge in [0.25, 0.3) is 5.91 Å². The average molecular weight is 551 g/mol. The van der Waals surface area contributed by atoms with Crippen LogP contribution in [-0.2, 0) is 10.0 Å². The first-order chi connectivity index (χ1) is 16.7. The van der Waals surface area contributed by atoms with E-state index in [0.717, 1.165) is 47.0 Å². The van der Waals surface area contributed by atoms with Crippen LogP contribution in [0.4, 0.5) is 5.13 Å². The maximum atomic E-state index is 13.6. The molecular formula is C26H35ClN4O3S2. The average Bonchev–Trinajstić information content (AvgIpc) is 3.04. The number of halogens is 1. The van der Waals surface area contributed by atoms with Gasteiger partial charge in [0.15, 0.2) is 5.13 Å². The van der Waals surface area contributed by atoms with Gasteiger partial charge < -0.3 is 4.90 Å². The van der Waals surface area contributed by atoms with Crippen molar-refractivity contribution >= 4 is 55.0 Å². The normalized spacial score (nSPS) is 15.0. The number of fused-ring (bicyclic) bond motifs is 1. The molecule has 0 aliphatic carbocycles. The topological polar surface area (TPSA) is 73.8 Å². The van der Waals surface area contributed by atoms with Crippen LogP contribution >= 0.6 is 23.7 Å². The van der Waals surface area contributed by atoms with Gasteiger partial charge in [-0.1, -0.05) is 30.2 Å². The Morgan fingerprint density at radius 2 is 1.64 bits per heavy atom. The molecule has 0 spiro atoms. The number of hydrogen-bond acceptors (Lipinski definition) is 6. The smallest absolute Gasteiger partial charge is 0.260 e. The zero-order valence-corrected chi connectivity index (χ0v) is 23.8. The highest BCUT2D eigenvalue weighted by molar-refractivity contribution is 7.89. The second kappa shape index (κ2) is 12.0. The largest absolute Gasteiger partial charge is 0.308 e. The number of amides is 1. The van der Waals surface area contributed by atoms with E-state index in [1.54, 1.807) is 33.5 Å². The molecule has 1 aliphatic heterocycles. The van der Waals surface area contributed by atoms with Crippen LogP contribution in [0.15, 0.2) is 41.3 Å². The molecule has 1 aromatic heterocycles. The highest BCUT2D eigenvalue weighted by Crippen LogP contribution is 2.33. The molecule has 3 aromatic rings. The molecule has 0 N–H and O–H groups in total. The molecule has 0 atom stereocenters. The lowest BCUT2D eigenvalue weighted by Gasteiger charge is -2.22. The van der Waals surface area contributed by atoms with E-state index in [1.807, 2.05) is 32.0 Å². The van der Waals surface area contributed by atoms with Gasteiger partial charge in [-0.25, -0.2) is 13.4 Å². The summed E-state index contributed by atoms with van der Waals surface area (Å²) in [7, 11) is 0.382. The first kappa shape index (κ1) is 28.5. The van der Waals surface area contributed by atoms with Crippen LogP contribution in [0.25, 0.3) is 10.2 Å². The van der Waals surface area contributed by atoms with Crippen molar-refractivity contribution in [1.82, 2.24) is 14.2 Å². The quantitative estimate of drug-likeness (QED) is 0.409. The van der Waals surface area contributed by atoms with E-state index < -0.39 is 10.0 Å². The minimum absolute atomic E-state index is 0. The van der Waals surface area contributed by atoms with Gasteiger partial charge in [-0.05, 0) is 82.2 Å². The lowest BCUT2D eigenvalue weighted by atomic mass is 10.1. The molecule has 10 heteroatoms. The monoisotopic (exact) mass is 550 g/mol. The lowest BCUT2D eigenvalue weighted by molar-refractivity contribution is 0.0985. The molecular weight excluding hydrogens is 516 g/mol. The van der Waals surface area contributed by atoms with Crippen molar-refractivity contribution < 1.29 is 13.2 Å². The number of thiazole rings is 1. The maximum Gasteiger partial charge on any atom is 0.260 e. The molecule has 1 fully saturated rings. The number of hydrogen-bond donors (Lipinski definition) is 0. The standard InChI is InChI=1S/C26H34N4O3S2.ClH/c1-19-17-20(2)24-23(18-19)27-26(34-24)30(16-15-28(3)4)25(31)21-9-11-22(12-10-21)35(32,33)29-13-7-5-6-8-14-29;/h9-12,17-18H,5-8,13-16H2,1-4H3;1H. The summed E-state index contributed by atoms with van der Waals surface area (Å²) in [6.45, 7) is 6.38. The number of nitrogens with zero attached hydrogens (tertiary/aromatic N) is 4. The third-order valence-corrected chi connectivity index (χ3v) is 9.50. The van der Waals surface area contributed by atoms with E-state index in [0.29, 0.717) is 36.9 Å². The van der Waals surface area contributed by atoms with Crippen molar-refractivity contribution in [2.45, 2.75) is 44.4 Å². The number of benzene rings is 2. The predicted molar refractivity (Wildman–Crippen MR) is 150 cm³/mol. The molecule has 2 aromatic carbocycles. The predicted octanol–water partition coefficient (Wildman–Crippen LogP) is 5.11. The van der Waals surface area contributed by atoms with Crippen LogP contribution in [0.3, 0.4) is 0 Å². The number of carbonyl (C=O) groups is 1. The molecule has 196 valence electrons. The fourth-order valence-electron chi connectivity index (χ4n) is 4.42. The Bertz CT molecular complexity index is 1300. The highest BCUT2D eigenvalue weighted by atomic mass is 35.5. The van der Waals surface area contributed by atoms with Gasteiger partial charge in [0.1, 0.15) is 0 Å². The van der Waals surface area contributed by atoms with E-state index in [9.17, 15) is 13.2 Å². The molecule has 1 amide bonds. The second-order valence-electron chi connectivity index (χ2n) is 9.53. The third kappa shape index (κ3) is 6.26. The van der Waals surface area contributed by atoms with E-state index in [-0.39, 0.29) is 23.2 Å². The summed E-state index contributed by atoms with van der Waals surface area (Å²) < 4.78 is 28.9. The van der Waals surface area contributed by atoms with Gasteiger partial charge in [0.05, 0.1) is 15.1 Å². The lowest BCUT2D eigenvalue weighted by Crippen LogP contribution is -2.36. The van der Waals surface area contributed by atoms with Gasteiger partial charge in [0.2, 0.25) is 10.0 Å². The number of aryl methyl sites for hydroxylation is 2. The van der Waals surface area contributed by atoms with E-state index in [4.69, 9.17) is 4.98 Å². The van der Waals surface area contributed by atoms with E-state index >= 15 is 0 Å². The number of anilines is 1. The zero-order valence-electron chi connectivity index (χ0n) is 21.4. The minimum Gasteiger partial charge on any atom is -0.308 e. The van der Waals surface area contributed by atoms with Crippen LogP contribution in [0, 0.1) is 13.8 Å². The summed E-state index contributed by atoms with van der Waals surface area (Å²) in [4.78, 5) is 22.4. The molecule has 0 saturated carbocycles. The number of carbonyl (C=O) groups excluding carboxylic acids is 1. The Morgan fingerprint density at radius 1 is 1.00 bits per heavy atom. The van der Waals surface area contributed by atoms with Crippen LogP contribution in [0.1, 0.15) is 47.2 Å². The summed E-state index contributed by atoms with van der Waals surface area (Å²) in [5.41, 5.74) is 3.63. The van der Waals surface area contributed by atoms with Gasteiger partial charge in [-0.2, -0.15) is 4.31 Å². The van der Waals surface area contributed by atoms with Crippen LogP contribution in [0.5, 0.6) is 0 Å². The molecule has 7 nitrogen and oxygen atoms in total. The Morgan fingerprint density at radius 3 is 2.25 bits per heavy atom.